The first kappa shape index (κ1) is 42.0. The number of carbonyl (C=O) groups is 3. The topological polar surface area (TPSA) is 147 Å². The molecule has 5 rings (SSSR count). The lowest BCUT2D eigenvalue weighted by Crippen LogP contribution is -2.36. The molecule has 15 heteroatoms. The third-order valence-electron chi connectivity index (χ3n) is 9.22. The summed E-state index contributed by atoms with van der Waals surface area (Å²) in [6.45, 7) is 10.4. The van der Waals surface area contributed by atoms with Gasteiger partial charge < -0.3 is 43.0 Å². The number of hydrogen-bond donors (Lipinski definition) is 0. The van der Waals surface area contributed by atoms with E-state index >= 15 is 0 Å². The molecule has 1 amide bonds. The van der Waals surface area contributed by atoms with Crippen molar-refractivity contribution in [1.82, 2.24) is 4.90 Å². The summed E-state index contributed by atoms with van der Waals surface area (Å²) in [5, 5.41) is 0. The molecule has 3 aromatic rings. The molecule has 1 unspecified atom stereocenters. The van der Waals surface area contributed by atoms with E-state index in [1.807, 2.05) is 36.2 Å². The first-order chi connectivity index (χ1) is 27.2. The Labute approximate surface area is 332 Å². The van der Waals surface area contributed by atoms with Crippen molar-refractivity contribution in [2.45, 2.75) is 45.9 Å². The Bertz CT molecular complexity index is 1900. The first-order valence-corrected chi connectivity index (χ1v) is 19.5. The maximum Gasteiger partial charge on any atom is 0.305 e. The van der Waals surface area contributed by atoms with Crippen molar-refractivity contribution in [3.05, 3.63) is 64.7 Å². The van der Waals surface area contributed by atoms with E-state index in [-0.39, 0.29) is 43.3 Å². The molecule has 1 fully saturated rings. The highest BCUT2D eigenvalue weighted by molar-refractivity contribution is 7.99. The second-order valence-corrected chi connectivity index (χ2v) is 13.9. The van der Waals surface area contributed by atoms with Gasteiger partial charge in [0.1, 0.15) is 13.2 Å². The number of fused-ring (bicyclic) bond motifs is 2. The van der Waals surface area contributed by atoms with Crippen LogP contribution >= 0.6 is 11.8 Å². The van der Waals surface area contributed by atoms with E-state index in [0.29, 0.717) is 97.3 Å². The Hall–Kier alpha value is -5.12. The molecule has 2 aliphatic heterocycles. The molecule has 0 bridgehead atoms. The van der Waals surface area contributed by atoms with Crippen LogP contribution in [0.5, 0.6) is 23.0 Å². The molecule has 300 valence electrons. The van der Waals surface area contributed by atoms with Crippen LogP contribution < -0.4 is 23.8 Å². The average Bonchev–Trinajstić information content (AvgIpc) is 3.65. The number of esters is 1. The highest BCUT2D eigenvalue weighted by Crippen LogP contribution is 2.39. The first-order valence-electron chi connectivity index (χ1n) is 18.4. The molecule has 0 spiro atoms. The Morgan fingerprint density at radius 3 is 2.27 bits per heavy atom. The number of rotatable bonds is 22. The Morgan fingerprint density at radius 1 is 0.911 bits per heavy atom. The lowest BCUT2D eigenvalue weighted by atomic mass is 10.1. The lowest BCUT2D eigenvalue weighted by molar-refractivity contribution is -0.140. The number of ether oxygens (including phenoxy) is 7. The number of methoxy groups -OCH3 is 3. The second-order valence-electron chi connectivity index (χ2n) is 12.9. The molecule has 56 heavy (non-hydrogen) atoms. The summed E-state index contributed by atoms with van der Waals surface area (Å²) >= 11 is 1.70. The number of ketones is 1. The molecule has 2 heterocycles. The van der Waals surface area contributed by atoms with Crippen molar-refractivity contribution in [2.75, 3.05) is 77.4 Å². The fourth-order valence-corrected chi connectivity index (χ4v) is 7.40. The number of benzene rings is 3. The van der Waals surface area contributed by atoms with Crippen LogP contribution in [-0.2, 0) is 32.2 Å². The van der Waals surface area contributed by atoms with Crippen LogP contribution in [0.4, 0.5) is 17.1 Å². The smallest absolute Gasteiger partial charge is 0.305 e. The number of anilines is 1. The van der Waals surface area contributed by atoms with Crippen LogP contribution in [0.25, 0.3) is 0 Å². The quantitative estimate of drug-likeness (QED) is 0.0478. The normalized spacial score (nSPS) is 14.4. The maximum absolute atomic E-state index is 13.4. The third kappa shape index (κ3) is 10.8. The zero-order valence-corrected chi connectivity index (χ0v) is 33.5. The SMILES string of the molecule is C=Nc1cc(OCc2cc(COc3cc4c(cc3OC)C(=O)N3CSCC3C=N4)cc(N(CCCC(=O)OC)CCOCCOCC)c2)c(OC)cc1C(C)=O. The van der Waals surface area contributed by atoms with Gasteiger partial charge in [0.2, 0.25) is 0 Å². The van der Waals surface area contributed by atoms with E-state index in [1.54, 1.807) is 36.0 Å². The van der Waals surface area contributed by atoms with Crippen molar-refractivity contribution >= 4 is 59.4 Å². The number of Topliss-reactive ketones (excluding diaryl/α,β-unsaturated/α-hetero) is 1. The van der Waals surface area contributed by atoms with Crippen LogP contribution in [-0.4, -0.2) is 114 Å². The van der Waals surface area contributed by atoms with E-state index in [4.69, 9.17) is 33.2 Å². The molecular formula is C41H50N4O10S. The maximum atomic E-state index is 13.4. The molecule has 0 radical (unpaired) electrons. The molecule has 1 saturated heterocycles. The minimum absolute atomic E-state index is 0.0593. The molecule has 0 aliphatic carbocycles. The van der Waals surface area contributed by atoms with Crippen LogP contribution in [0, 0.1) is 0 Å². The highest BCUT2D eigenvalue weighted by Gasteiger charge is 2.33. The standard InChI is InChI=1S/C41H50N4O10S/c1-7-52-13-14-53-12-11-44(10-8-9-40(47)51-6)30-16-28(23-54-38-20-34(42-3)32(27(2)46)18-36(38)49-4)15-29(17-30)24-55-39-21-35-33(19-37(39)50-5)41(48)45-26-56-25-31(45)22-43-35/h15-22,31H,3,7-14,23-26H2,1-2,4-6H3. The largest absolute Gasteiger partial charge is 0.493 e. The van der Waals surface area contributed by atoms with Crippen LogP contribution in [0.15, 0.2) is 52.4 Å². The summed E-state index contributed by atoms with van der Waals surface area (Å²) in [5.74, 6) is 2.49. The molecule has 1 atom stereocenters. The van der Waals surface area contributed by atoms with Crippen molar-refractivity contribution in [3.63, 3.8) is 0 Å². The summed E-state index contributed by atoms with van der Waals surface area (Å²) in [6, 6.07) is 12.6. The number of nitrogens with zero attached hydrogens (tertiary/aromatic N) is 4. The molecule has 3 aromatic carbocycles. The second kappa shape index (κ2) is 20.7. The van der Waals surface area contributed by atoms with Gasteiger partial charge in [-0.05, 0) is 68.4 Å². The molecule has 14 nitrogen and oxygen atoms in total. The van der Waals surface area contributed by atoms with E-state index in [0.717, 1.165) is 22.6 Å². The van der Waals surface area contributed by atoms with Crippen LogP contribution in [0.2, 0.25) is 0 Å². The summed E-state index contributed by atoms with van der Waals surface area (Å²) in [5.41, 5.74) is 4.23. The van der Waals surface area contributed by atoms with Gasteiger partial charge in [-0.3, -0.25) is 24.4 Å². The summed E-state index contributed by atoms with van der Waals surface area (Å²) < 4.78 is 40.2. The van der Waals surface area contributed by atoms with Gasteiger partial charge >= 0.3 is 5.97 Å². The number of carbonyl (C=O) groups excluding carboxylic acids is 3. The molecular weight excluding hydrogens is 741 g/mol. The average molecular weight is 791 g/mol. The van der Waals surface area contributed by atoms with E-state index in [1.165, 1.54) is 28.3 Å². The highest BCUT2D eigenvalue weighted by atomic mass is 32.2. The van der Waals surface area contributed by atoms with E-state index in [9.17, 15) is 14.4 Å². The predicted molar refractivity (Wildman–Crippen MR) is 217 cm³/mol. The minimum Gasteiger partial charge on any atom is -0.493 e. The van der Waals surface area contributed by atoms with Gasteiger partial charge in [0.05, 0.1) is 70.0 Å². The molecule has 0 N–H and O–H groups in total. The van der Waals surface area contributed by atoms with E-state index in [2.05, 4.69) is 21.6 Å². The monoisotopic (exact) mass is 790 g/mol. The number of amides is 1. The Kier molecular flexibility index (Phi) is 15.5. The van der Waals surface area contributed by atoms with Crippen molar-refractivity contribution in [3.8, 4) is 23.0 Å². The fraction of sp³-hybridized carbons (Fsp3) is 0.439. The summed E-state index contributed by atoms with van der Waals surface area (Å²) in [6.07, 6.45) is 2.63. The summed E-state index contributed by atoms with van der Waals surface area (Å²) in [4.78, 5) is 50.4. The zero-order chi connectivity index (χ0) is 40.0. The lowest BCUT2D eigenvalue weighted by Gasteiger charge is -2.26. The number of hydrogen-bond acceptors (Lipinski definition) is 14. The zero-order valence-electron chi connectivity index (χ0n) is 32.7. The molecule has 2 aliphatic rings. The fourth-order valence-electron chi connectivity index (χ4n) is 6.29. The minimum atomic E-state index is -0.285. The van der Waals surface area contributed by atoms with Crippen molar-refractivity contribution in [1.29, 1.82) is 0 Å². The van der Waals surface area contributed by atoms with E-state index < -0.39 is 0 Å². The number of aliphatic imine (C=N–C) groups is 2. The Morgan fingerprint density at radius 2 is 1.61 bits per heavy atom. The van der Waals surface area contributed by atoms with Crippen LogP contribution in [0.3, 0.4) is 0 Å². The van der Waals surface area contributed by atoms with Gasteiger partial charge in [0.15, 0.2) is 28.8 Å². The van der Waals surface area contributed by atoms with Gasteiger partial charge in [0, 0.05) is 61.5 Å². The van der Waals surface area contributed by atoms with Gasteiger partial charge in [-0.2, -0.15) is 0 Å². The van der Waals surface area contributed by atoms with Gasteiger partial charge in [-0.1, -0.05) is 0 Å². The third-order valence-corrected chi connectivity index (χ3v) is 10.3. The molecule has 0 aromatic heterocycles. The van der Waals surface area contributed by atoms with Crippen molar-refractivity contribution in [2.24, 2.45) is 9.98 Å². The van der Waals surface area contributed by atoms with Gasteiger partial charge in [-0.25, -0.2) is 0 Å². The Balaban J connectivity index is 1.45. The van der Waals surface area contributed by atoms with Crippen LogP contribution in [0.1, 0.15) is 58.5 Å². The molecule has 0 saturated carbocycles. The van der Waals surface area contributed by atoms with Crippen molar-refractivity contribution < 1.29 is 47.5 Å². The summed E-state index contributed by atoms with van der Waals surface area (Å²) in [7, 11) is 4.42. The van der Waals surface area contributed by atoms with Gasteiger partial charge in [0.25, 0.3) is 5.91 Å². The number of thioether (sulfide) groups is 1. The van der Waals surface area contributed by atoms with Gasteiger partial charge in [-0.15, -0.1) is 11.8 Å². The predicted octanol–water partition coefficient (Wildman–Crippen LogP) is 6.44.